The predicted molar refractivity (Wildman–Crippen MR) is 113 cm³/mol. The first-order chi connectivity index (χ1) is 11.5. The van der Waals surface area contributed by atoms with Gasteiger partial charge in [0.15, 0.2) is 0 Å². The number of hydrogen-bond acceptors (Lipinski definition) is 3. The third-order valence-corrected chi connectivity index (χ3v) is 5.19. The number of hydrogen-bond donors (Lipinski definition) is 1. The second-order valence-electron chi connectivity index (χ2n) is 8.45. The Bertz CT molecular complexity index is 701. The van der Waals surface area contributed by atoms with Crippen LogP contribution in [0.1, 0.15) is 11.1 Å². The second kappa shape index (κ2) is 7.66. The number of anilines is 1. The maximum atomic E-state index is 6.31. The predicted octanol–water partition coefficient (Wildman–Crippen LogP) is 5.48. The van der Waals surface area contributed by atoms with E-state index in [4.69, 9.17) is 14.6 Å². The highest BCUT2D eigenvalue weighted by atomic mass is 28.4. The number of benzene rings is 2. The molecule has 136 valence electrons. The molecule has 0 heterocycles. The fourth-order valence-corrected chi connectivity index (χ4v) is 4.15. The molecule has 0 unspecified atom stereocenters. The van der Waals surface area contributed by atoms with Crippen molar-refractivity contribution in [1.29, 1.82) is 0 Å². The molecule has 0 fully saturated rings. The van der Waals surface area contributed by atoms with Crippen molar-refractivity contribution in [3.05, 3.63) is 53.6 Å². The number of rotatable bonds is 7. The average Bonchev–Trinajstić information content (AvgIpc) is 2.46. The summed E-state index contributed by atoms with van der Waals surface area (Å²) in [7, 11) is -3.37. The van der Waals surface area contributed by atoms with E-state index < -0.39 is 16.6 Å². The Hall–Kier alpha value is -1.73. The van der Waals surface area contributed by atoms with Gasteiger partial charge in [-0.15, -0.1) is 0 Å². The maximum absolute atomic E-state index is 6.31. The van der Waals surface area contributed by atoms with E-state index in [1.807, 2.05) is 12.1 Å². The molecule has 3 nitrogen and oxygen atoms in total. The van der Waals surface area contributed by atoms with E-state index in [1.54, 1.807) is 0 Å². The van der Waals surface area contributed by atoms with Crippen molar-refractivity contribution in [3.63, 3.8) is 0 Å². The summed E-state index contributed by atoms with van der Waals surface area (Å²) in [5, 5.41) is 0. The molecule has 0 atom stereocenters. The molecule has 0 amide bonds. The molecule has 0 aliphatic rings. The molecule has 0 aliphatic heterocycles. The van der Waals surface area contributed by atoms with Crippen molar-refractivity contribution in [2.45, 2.75) is 52.1 Å². The van der Waals surface area contributed by atoms with Crippen LogP contribution in [0.25, 0.3) is 0 Å². The van der Waals surface area contributed by atoms with Crippen LogP contribution in [0.4, 0.5) is 5.69 Å². The lowest BCUT2D eigenvalue weighted by Crippen LogP contribution is -2.32. The normalized spacial score (nSPS) is 12.1. The van der Waals surface area contributed by atoms with Crippen LogP contribution in [0.5, 0.6) is 11.5 Å². The van der Waals surface area contributed by atoms with E-state index >= 15 is 0 Å². The first-order valence-corrected chi connectivity index (χ1v) is 15.7. The summed E-state index contributed by atoms with van der Waals surface area (Å²) in [6, 6.07) is 14.5. The van der Waals surface area contributed by atoms with E-state index in [9.17, 15) is 0 Å². The summed E-state index contributed by atoms with van der Waals surface area (Å²) in [5.74, 6) is 1.79. The van der Waals surface area contributed by atoms with Gasteiger partial charge in [0.05, 0.1) is 0 Å². The van der Waals surface area contributed by atoms with Gasteiger partial charge in [0.1, 0.15) is 11.5 Å². The Morgan fingerprint density at radius 2 is 1.16 bits per heavy atom. The van der Waals surface area contributed by atoms with Gasteiger partial charge in [0.2, 0.25) is 16.6 Å². The molecule has 0 radical (unpaired) electrons. The average molecular weight is 374 g/mol. The summed E-state index contributed by atoms with van der Waals surface area (Å²) >= 11 is 0. The Morgan fingerprint density at radius 3 is 1.72 bits per heavy atom. The topological polar surface area (TPSA) is 44.5 Å². The summed E-state index contributed by atoms with van der Waals surface area (Å²) in [6.45, 7) is 13.2. The first-order valence-electron chi connectivity index (χ1n) is 8.87. The lowest BCUT2D eigenvalue weighted by atomic mass is 10.0. The second-order valence-corrected chi connectivity index (χ2v) is 17.3. The van der Waals surface area contributed by atoms with E-state index in [0.717, 1.165) is 30.0 Å². The monoisotopic (exact) mass is 373 g/mol. The summed E-state index contributed by atoms with van der Waals surface area (Å²) in [5.41, 5.74) is 9.13. The largest absolute Gasteiger partial charge is 0.542 e. The van der Waals surface area contributed by atoms with Crippen LogP contribution < -0.4 is 14.6 Å². The van der Waals surface area contributed by atoms with Crippen LogP contribution in [-0.2, 0) is 12.8 Å². The molecular weight excluding hydrogens is 342 g/mol. The minimum Gasteiger partial charge on any atom is -0.542 e. The van der Waals surface area contributed by atoms with Crippen molar-refractivity contribution in [3.8, 4) is 11.5 Å². The van der Waals surface area contributed by atoms with E-state index in [2.05, 4.69) is 69.6 Å². The van der Waals surface area contributed by atoms with E-state index in [1.165, 1.54) is 11.1 Å². The Labute approximate surface area is 154 Å². The lowest BCUT2D eigenvalue weighted by molar-refractivity contribution is 0.488. The molecule has 0 bridgehead atoms. The summed E-state index contributed by atoms with van der Waals surface area (Å²) < 4.78 is 12.5. The number of nitrogen functional groups attached to an aromatic ring is 1. The van der Waals surface area contributed by atoms with E-state index in [0.29, 0.717) is 0 Å². The zero-order chi connectivity index (χ0) is 18.7. The molecule has 0 aliphatic carbocycles. The van der Waals surface area contributed by atoms with Crippen LogP contribution in [0.15, 0.2) is 42.5 Å². The van der Waals surface area contributed by atoms with Crippen molar-refractivity contribution in [2.24, 2.45) is 0 Å². The van der Waals surface area contributed by atoms with Crippen molar-refractivity contribution >= 4 is 22.3 Å². The van der Waals surface area contributed by atoms with Gasteiger partial charge in [-0.1, -0.05) is 18.2 Å². The SMILES string of the molecule is C[Si](C)(C)Oc1ccc(CCc2ccc(N)cc2)cc1O[Si](C)(C)C. The van der Waals surface area contributed by atoms with Crippen molar-refractivity contribution < 1.29 is 8.85 Å². The lowest BCUT2D eigenvalue weighted by Gasteiger charge is -2.26. The van der Waals surface area contributed by atoms with Crippen LogP contribution in [0.2, 0.25) is 39.3 Å². The molecule has 0 aromatic heterocycles. The molecule has 2 rings (SSSR count). The van der Waals surface area contributed by atoms with Gasteiger partial charge in [-0.3, -0.25) is 0 Å². The highest BCUT2D eigenvalue weighted by Gasteiger charge is 2.23. The molecule has 0 saturated heterocycles. The van der Waals surface area contributed by atoms with Crippen LogP contribution in [-0.4, -0.2) is 16.6 Å². The maximum Gasteiger partial charge on any atom is 0.242 e. The van der Waals surface area contributed by atoms with Gasteiger partial charge in [-0.2, -0.15) is 0 Å². The van der Waals surface area contributed by atoms with Crippen LogP contribution >= 0.6 is 0 Å². The molecule has 2 N–H and O–H groups in total. The smallest absolute Gasteiger partial charge is 0.242 e. The third kappa shape index (κ3) is 6.96. The van der Waals surface area contributed by atoms with Gasteiger partial charge in [0, 0.05) is 5.69 Å². The first kappa shape index (κ1) is 19.6. The van der Waals surface area contributed by atoms with Gasteiger partial charge >= 0.3 is 0 Å². The minimum atomic E-state index is -1.70. The zero-order valence-electron chi connectivity index (χ0n) is 16.3. The molecule has 2 aromatic rings. The molecule has 0 saturated carbocycles. The molecular formula is C20H31NO2Si2. The Kier molecular flexibility index (Phi) is 6.01. The number of aryl methyl sites for hydroxylation is 2. The molecule has 25 heavy (non-hydrogen) atoms. The standard InChI is InChI=1S/C20H31NO2Si2/c1-24(2,3)22-19-14-11-17(15-20(19)23-25(4,5)6)8-7-16-9-12-18(21)13-10-16/h9-15H,7-8,21H2,1-6H3. The Balaban J connectivity index is 2.18. The van der Waals surface area contributed by atoms with Gasteiger partial charge in [-0.25, -0.2) is 0 Å². The summed E-state index contributed by atoms with van der Waals surface area (Å²) in [4.78, 5) is 0. The third-order valence-electron chi connectivity index (χ3n) is 3.52. The van der Waals surface area contributed by atoms with Crippen molar-refractivity contribution in [2.75, 3.05) is 5.73 Å². The molecule has 2 aromatic carbocycles. The molecule has 0 spiro atoms. The fourth-order valence-electron chi connectivity index (χ4n) is 2.50. The van der Waals surface area contributed by atoms with Gasteiger partial charge in [0.25, 0.3) is 0 Å². The van der Waals surface area contributed by atoms with Crippen LogP contribution in [0, 0.1) is 0 Å². The van der Waals surface area contributed by atoms with Gasteiger partial charge < -0.3 is 14.6 Å². The zero-order valence-corrected chi connectivity index (χ0v) is 18.3. The Morgan fingerprint density at radius 1 is 0.680 bits per heavy atom. The highest BCUT2D eigenvalue weighted by Crippen LogP contribution is 2.33. The quantitative estimate of drug-likeness (QED) is 0.516. The number of nitrogens with two attached hydrogens (primary N) is 1. The van der Waals surface area contributed by atoms with E-state index in [-0.39, 0.29) is 0 Å². The minimum absolute atomic E-state index is 0.808. The fraction of sp³-hybridized carbons (Fsp3) is 0.400. The summed E-state index contributed by atoms with van der Waals surface area (Å²) in [6.07, 6.45) is 1.96. The van der Waals surface area contributed by atoms with Crippen molar-refractivity contribution in [1.82, 2.24) is 0 Å². The van der Waals surface area contributed by atoms with Gasteiger partial charge in [-0.05, 0) is 87.5 Å². The molecule has 5 heteroatoms. The highest BCUT2D eigenvalue weighted by molar-refractivity contribution is 6.71. The van der Waals surface area contributed by atoms with Crippen LogP contribution in [0.3, 0.4) is 0 Å².